The van der Waals surface area contributed by atoms with Crippen molar-refractivity contribution in [2.45, 2.75) is 38.9 Å². The second-order valence-electron chi connectivity index (χ2n) is 6.24. The summed E-state index contributed by atoms with van der Waals surface area (Å²) in [4.78, 5) is 27.1. The quantitative estimate of drug-likeness (QED) is 0.856. The van der Waals surface area contributed by atoms with E-state index in [9.17, 15) is 9.59 Å². The van der Waals surface area contributed by atoms with Gasteiger partial charge in [-0.15, -0.1) is 0 Å². The Labute approximate surface area is 152 Å². The first-order valence-electron chi connectivity index (χ1n) is 8.51. The van der Waals surface area contributed by atoms with E-state index in [1.54, 1.807) is 11.0 Å². The minimum Gasteiger partial charge on any atom is -0.350 e. The Morgan fingerprint density at radius 2 is 2.04 bits per heavy atom. The van der Waals surface area contributed by atoms with Crippen LogP contribution in [0, 0.1) is 0 Å². The molecule has 0 fully saturated rings. The molecule has 0 aliphatic carbocycles. The van der Waals surface area contributed by atoms with Crippen molar-refractivity contribution >= 4 is 23.4 Å². The highest BCUT2D eigenvalue weighted by Gasteiger charge is 2.35. The Kier molecular flexibility index (Phi) is 5.39. The van der Waals surface area contributed by atoms with Gasteiger partial charge in [0.2, 0.25) is 5.91 Å². The van der Waals surface area contributed by atoms with E-state index in [0.29, 0.717) is 30.1 Å². The van der Waals surface area contributed by atoms with Crippen LogP contribution in [-0.2, 0) is 17.9 Å². The van der Waals surface area contributed by atoms with E-state index < -0.39 is 6.04 Å². The molecular weight excluding hydrogens is 336 g/mol. The van der Waals surface area contributed by atoms with Crippen LogP contribution < -0.4 is 5.32 Å². The van der Waals surface area contributed by atoms with Crippen LogP contribution in [0.4, 0.5) is 0 Å². The third kappa shape index (κ3) is 3.85. The van der Waals surface area contributed by atoms with E-state index in [2.05, 4.69) is 5.32 Å². The number of nitrogens with zero attached hydrogens (tertiary/aromatic N) is 1. The molecule has 1 atom stereocenters. The van der Waals surface area contributed by atoms with Gasteiger partial charge in [-0.3, -0.25) is 9.59 Å². The fourth-order valence-corrected chi connectivity index (χ4v) is 3.40. The molecule has 2 aromatic carbocycles. The van der Waals surface area contributed by atoms with Crippen molar-refractivity contribution in [3.8, 4) is 0 Å². The summed E-state index contributed by atoms with van der Waals surface area (Å²) >= 11 is 5.98. The molecular formula is C20H21ClN2O2. The summed E-state index contributed by atoms with van der Waals surface area (Å²) in [7, 11) is 0. The number of benzene rings is 2. The van der Waals surface area contributed by atoms with Gasteiger partial charge >= 0.3 is 0 Å². The molecule has 1 aliphatic heterocycles. The van der Waals surface area contributed by atoms with Crippen molar-refractivity contribution in [1.29, 1.82) is 0 Å². The summed E-state index contributed by atoms with van der Waals surface area (Å²) in [6, 6.07) is 14.5. The number of rotatable bonds is 6. The monoisotopic (exact) mass is 356 g/mol. The largest absolute Gasteiger partial charge is 0.350 e. The van der Waals surface area contributed by atoms with Crippen LogP contribution in [-0.4, -0.2) is 22.8 Å². The lowest BCUT2D eigenvalue weighted by Gasteiger charge is -2.26. The molecule has 1 N–H and O–H groups in total. The van der Waals surface area contributed by atoms with Gasteiger partial charge in [0.05, 0.1) is 0 Å². The number of carbonyl (C=O) groups excluding carboxylic acids is 2. The van der Waals surface area contributed by atoms with Gasteiger partial charge in [0.15, 0.2) is 0 Å². The Bertz CT molecular complexity index is 791. The van der Waals surface area contributed by atoms with Gasteiger partial charge in [-0.25, -0.2) is 0 Å². The molecule has 0 radical (unpaired) electrons. The van der Waals surface area contributed by atoms with Crippen molar-refractivity contribution in [1.82, 2.24) is 10.2 Å². The van der Waals surface area contributed by atoms with E-state index in [0.717, 1.165) is 17.5 Å². The van der Waals surface area contributed by atoms with Gasteiger partial charge < -0.3 is 10.2 Å². The molecule has 3 rings (SSSR count). The number of fused-ring (bicyclic) bond motifs is 1. The van der Waals surface area contributed by atoms with Gasteiger partial charge in [-0.1, -0.05) is 55.3 Å². The zero-order valence-corrected chi connectivity index (χ0v) is 14.9. The van der Waals surface area contributed by atoms with E-state index in [1.165, 1.54) is 0 Å². The summed E-state index contributed by atoms with van der Waals surface area (Å²) in [6.45, 7) is 2.91. The number of nitrogens with one attached hydrogen (secondary N) is 1. The number of hydrogen-bond acceptors (Lipinski definition) is 2. The Hall–Kier alpha value is -2.33. The SMILES string of the molecule is CCC[C@H](C(=O)NCc1cccc(Cl)c1)N1Cc2ccccc2C1=O. The lowest BCUT2D eigenvalue weighted by Crippen LogP contribution is -2.46. The van der Waals surface area contributed by atoms with Crippen LogP contribution in [0.2, 0.25) is 5.02 Å². The predicted molar refractivity (Wildman–Crippen MR) is 98.3 cm³/mol. The maximum absolute atomic E-state index is 12.7. The minimum atomic E-state index is -0.455. The van der Waals surface area contributed by atoms with Crippen LogP contribution >= 0.6 is 11.6 Å². The second-order valence-corrected chi connectivity index (χ2v) is 6.68. The van der Waals surface area contributed by atoms with Gasteiger partial charge in [-0.2, -0.15) is 0 Å². The van der Waals surface area contributed by atoms with Crippen LogP contribution in [0.3, 0.4) is 0 Å². The van der Waals surface area contributed by atoms with Gasteiger partial charge in [-0.05, 0) is 35.7 Å². The average Bonchev–Trinajstić information content (AvgIpc) is 2.94. The van der Waals surface area contributed by atoms with Crippen molar-refractivity contribution in [3.05, 3.63) is 70.2 Å². The summed E-state index contributed by atoms with van der Waals surface area (Å²) in [5, 5.41) is 3.58. The molecule has 4 nitrogen and oxygen atoms in total. The Morgan fingerprint density at radius 3 is 2.76 bits per heavy atom. The molecule has 0 bridgehead atoms. The van der Waals surface area contributed by atoms with Crippen molar-refractivity contribution in [3.63, 3.8) is 0 Å². The highest BCUT2D eigenvalue weighted by atomic mass is 35.5. The molecule has 130 valence electrons. The van der Waals surface area contributed by atoms with E-state index >= 15 is 0 Å². The molecule has 2 amide bonds. The van der Waals surface area contributed by atoms with Crippen molar-refractivity contribution in [2.75, 3.05) is 0 Å². The summed E-state index contributed by atoms with van der Waals surface area (Å²) in [5.41, 5.74) is 2.62. The fraction of sp³-hybridized carbons (Fsp3) is 0.300. The summed E-state index contributed by atoms with van der Waals surface area (Å²) in [6.07, 6.45) is 1.47. The molecule has 1 heterocycles. The van der Waals surface area contributed by atoms with Crippen LogP contribution in [0.25, 0.3) is 0 Å². The first kappa shape index (κ1) is 17.5. The maximum Gasteiger partial charge on any atom is 0.255 e. The van der Waals surface area contributed by atoms with E-state index in [-0.39, 0.29) is 11.8 Å². The predicted octanol–water partition coefficient (Wildman–Crippen LogP) is 3.78. The molecule has 0 aromatic heterocycles. The number of amides is 2. The average molecular weight is 357 g/mol. The van der Waals surface area contributed by atoms with Crippen LogP contribution in [0.15, 0.2) is 48.5 Å². The van der Waals surface area contributed by atoms with E-state index in [1.807, 2.05) is 49.4 Å². The van der Waals surface area contributed by atoms with E-state index in [4.69, 9.17) is 11.6 Å². The fourth-order valence-electron chi connectivity index (χ4n) is 3.18. The zero-order chi connectivity index (χ0) is 17.8. The molecule has 5 heteroatoms. The lowest BCUT2D eigenvalue weighted by atomic mass is 10.1. The first-order chi connectivity index (χ1) is 12.1. The van der Waals surface area contributed by atoms with Crippen LogP contribution in [0.5, 0.6) is 0 Å². The van der Waals surface area contributed by atoms with Gasteiger partial charge in [0.1, 0.15) is 6.04 Å². The molecule has 1 aliphatic rings. The second kappa shape index (κ2) is 7.70. The van der Waals surface area contributed by atoms with Crippen molar-refractivity contribution in [2.24, 2.45) is 0 Å². The highest BCUT2D eigenvalue weighted by Crippen LogP contribution is 2.26. The van der Waals surface area contributed by atoms with Crippen LogP contribution in [0.1, 0.15) is 41.3 Å². The number of carbonyl (C=O) groups is 2. The maximum atomic E-state index is 12.7. The molecule has 0 saturated heterocycles. The van der Waals surface area contributed by atoms with Gasteiger partial charge in [0, 0.05) is 23.7 Å². The molecule has 25 heavy (non-hydrogen) atoms. The summed E-state index contributed by atoms with van der Waals surface area (Å²) in [5.74, 6) is -0.185. The van der Waals surface area contributed by atoms with Gasteiger partial charge in [0.25, 0.3) is 5.91 Å². The topological polar surface area (TPSA) is 49.4 Å². The highest BCUT2D eigenvalue weighted by molar-refractivity contribution is 6.30. The number of halogens is 1. The molecule has 0 spiro atoms. The lowest BCUT2D eigenvalue weighted by molar-refractivity contribution is -0.126. The summed E-state index contributed by atoms with van der Waals surface area (Å²) < 4.78 is 0. The normalized spacial score (nSPS) is 14.3. The Morgan fingerprint density at radius 1 is 1.24 bits per heavy atom. The van der Waals surface area contributed by atoms with Crippen molar-refractivity contribution < 1.29 is 9.59 Å². The standard InChI is InChI=1S/C20H21ClN2O2/c1-2-6-18(19(24)22-12-14-7-5-9-16(21)11-14)23-13-15-8-3-4-10-17(15)20(23)25/h3-5,7-11,18H,2,6,12-13H2,1H3,(H,22,24)/t18-/m1/s1. The molecule has 0 unspecified atom stereocenters. The molecule has 0 saturated carbocycles. The minimum absolute atomic E-state index is 0.0630. The Balaban J connectivity index is 1.71. The number of hydrogen-bond donors (Lipinski definition) is 1. The smallest absolute Gasteiger partial charge is 0.255 e. The first-order valence-corrected chi connectivity index (χ1v) is 8.89. The molecule has 2 aromatic rings. The third-order valence-corrected chi connectivity index (χ3v) is 4.68. The third-order valence-electron chi connectivity index (χ3n) is 4.45. The zero-order valence-electron chi connectivity index (χ0n) is 14.2.